The molecule has 0 aliphatic carbocycles. The summed E-state index contributed by atoms with van der Waals surface area (Å²) < 4.78 is 5.46. The van der Waals surface area contributed by atoms with Gasteiger partial charge in [-0.1, -0.05) is 19.3 Å². The van der Waals surface area contributed by atoms with Crippen molar-refractivity contribution >= 4 is 11.8 Å². The van der Waals surface area contributed by atoms with E-state index in [0.717, 1.165) is 13.1 Å². The van der Waals surface area contributed by atoms with Crippen LogP contribution in [0, 0.1) is 0 Å². The van der Waals surface area contributed by atoms with Crippen molar-refractivity contribution in [2.45, 2.75) is 38.6 Å². The van der Waals surface area contributed by atoms with Crippen molar-refractivity contribution in [3.05, 3.63) is 23.7 Å². The fourth-order valence-corrected chi connectivity index (χ4v) is 2.72. The maximum atomic E-state index is 12.1. The van der Waals surface area contributed by atoms with E-state index >= 15 is 0 Å². The number of nitrogens with one attached hydrogen (secondary N) is 1. The summed E-state index contributed by atoms with van der Waals surface area (Å²) in [5.41, 5.74) is 0. The van der Waals surface area contributed by atoms with Gasteiger partial charge in [-0.2, -0.15) is 0 Å². The zero-order valence-corrected chi connectivity index (χ0v) is 14.1. The largest absolute Gasteiger partial charge is 0.454 e. The van der Waals surface area contributed by atoms with Crippen molar-refractivity contribution in [3.63, 3.8) is 0 Å². The van der Waals surface area contributed by atoms with Gasteiger partial charge in [-0.15, -0.1) is 0 Å². The molecule has 1 aliphatic heterocycles. The summed E-state index contributed by atoms with van der Waals surface area (Å²) >= 11 is 0. The zero-order chi connectivity index (χ0) is 16.7. The Bertz CT molecular complexity index is 517. The van der Waals surface area contributed by atoms with E-state index in [1.807, 2.05) is 0 Å². The van der Waals surface area contributed by atoms with Crippen molar-refractivity contribution in [1.82, 2.24) is 15.1 Å². The number of carbonyl (C=O) groups excluding carboxylic acids is 2. The highest BCUT2D eigenvalue weighted by Gasteiger charge is 2.15. The predicted octanol–water partition coefficient (Wildman–Crippen LogP) is 1.86. The normalized spacial score (nSPS) is 16.4. The number of rotatable bonds is 5. The van der Waals surface area contributed by atoms with Crippen molar-refractivity contribution in [3.8, 4) is 0 Å². The number of nitrogens with zero attached hydrogens (tertiary/aromatic N) is 2. The van der Waals surface area contributed by atoms with E-state index in [0.29, 0.717) is 24.6 Å². The Kier molecular flexibility index (Phi) is 6.65. The lowest BCUT2D eigenvalue weighted by Crippen LogP contribution is -2.38. The average molecular weight is 321 g/mol. The summed E-state index contributed by atoms with van der Waals surface area (Å²) in [6, 6.07) is 3.37. The molecule has 1 aromatic rings. The molecular weight excluding hydrogens is 294 g/mol. The Morgan fingerprint density at radius 3 is 2.43 bits per heavy atom. The van der Waals surface area contributed by atoms with Gasteiger partial charge in [-0.25, -0.2) is 0 Å². The molecule has 6 heteroatoms. The van der Waals surface area contributed by atoms with Crippen LogP contribution in [0.25, 0.3) is 0 Å². The van der Waals surface area contributed by atoms with E-state index in [2.05, 4.69) is 10.2 Å². The lowest BCUT2D eigenvalue weighted by molar-refractivity contribution is -0.122. The Hall–Kier alpha value is -1.82. The molecule has 1 aliphatic rings. The molecule has 128 valence electrons. The molecule has 0 bridgehead atoms. The Balaban J connectivity index is 1.76. The lowest BCUT2D eigenvalue weighted by Gasteiger charge is -2.23. The van der Waals surface area contributed by atoms with Gasteiger partial charge in [0.25, 0.3) is 5.91 Å². The lowest BCUT2D eigenvalue weighted by atomic mass is 10.1. The van der Waals surface area contributed by atoms with E-state index in [9.17, 15) is 9.59 Å². The number of hydrogen-bond acceptors (Lipinski definition) is 4. The monoisotopic (exact) mass is 321 g/mol. The first-order chi connectivity index (χ1) is 11.1. The van der Waals surface area contributed by atoms with Gasteiger partial charge in [-0.3, -0.25) is 14.5 Å². The third kappa shape index (κ3) is 5.71. The summed E-state index contributed by atoms with van der Waals surface area (Å²) in [4.78, 5) is 27.5. The summed E-state index contributed by atoms with van der Waals surface area (Å²) in [5.74, 6) is 0.713. The van der Waals surface area contributed by atoms with Crippen LogP contribution in [0.4, 0.5) is 0 Å². The topological polar surface area (TPSA) is 65.8 Å². The molecule has 2 heterocycles. The Morgan fingerprint density at radius 1 is 1.13 bits per heavy atom. The summed E-state index contributed by atoms with van der Waals surface area (Å²) in [6.07, 6.45) is 6.16. The maximum absolute atomic E-state index is 12.1. The van der Waals surface area contributed by atoms with Crippen molar-refractivity contribution in [1.29, 1.82) is 0 Å². The summed E-state index contributed by atoms with van der Waals surface area (Å²) in [7, 11) is 3.35. The van der Waals surface area contributed by atoms with Crippen LogP contribution in [0.2, 0.25) is 0 Å². The van der Waals surface area contributed by atoms with Crippen LogP contribution >= 0.6 is 0 Å². The van der Waals surface area contributed by atoms with Crippen LogP contribution < -0.4 is 5.32 Å². The van der Waals surface area contributed by atoms with Gasteiger partial charge in [0.15, 0.2) is 5.76 Å². The van der Waals surface area contributed by atoms with E-state index < -0.39 is 0 Å². The van der Waals surface area contributed by atoms with Gasteiger partial charge in [0.2, 0.25) is 5.91 Å². The zero-order valence-electron chi connectivity index (χ0n) is 14.1. The van der Waals surface area contributed by atoms with Crippen LogP contribution in [0.1, 0.15) is 48.4 Å². The molecule has 6 nitrogen and oxygen atoms in total. The summed E-state index contributed by atoms with van der Waals surface area (Å²) in [6.45, 7) is 2.74. The molecule has 0 atom stereocenters. The SMILES string of the molecule is CN(C)C(=O)c1ccc(CNC(=O)CN2CCCCCCC2)o1. The molecule has 0 radical (unpaired) electrons. The molecule has 2 amide bonds. The second-order valence-corrected chi connectivity index (χ2v) is 6.29. The molecule has 0 aromatic carbocycles. The third-order valence-electron chi connectivity index (χ3n) is 4.05. The van der Waals surface area contributed by atoms with Gasteiger partial charge in [0, 0.05) is 14.1 Å². The maximum Gasteiger partial charge on any atom is 0.289 e. The highest BCUT2D eigenvalue weighted by Crippen LogP contribution is 2.11. The smallest absolute Gasteiger partial charge is 0.289 e. The standard InChI is InChI=1S/C17H27N3O3/c1-19(2)17(22)15-9-8-14(23-15)12-18-16(21)13-20-10-6-4-3-5-7-11-20/h8-9H,3-7,10-13H2,1-2H3,(H,18,21). The third-order valence-corrected chi connectivity index (χ3v) is 4.05. The van der Waals surface area contributed by atoms with E-state index in [4.69, 9.17) is 4.42 Å². The molecule has 1 fully saturated rings. The first kappa shape index (κ1) is 17.5. The molecule has 0 spiro atoms. The highest BCUT2D eigenvalue weighted by atomic mass is 16.4. The van der Waals surface area contributed by atoms with E-state index in [-0.39, 0.29) is 11.8 Å². The molecule has 23 heavy (non-hydrogen) atoms. The molecule has 1 saturated heterocycles. The van der Waals surface area contributed by atoms with Gasteiger partial charge in [0.1, 0.15) is 5.76 Å². The molecule has 1 N–H and O–H groups in total. The summed E-state index contributed by atoms with van der Waals surface area (Å²) in [5, 5.41) is 2.86. The fourth-order valence-electron chi connectivity index (χ4n) is 2.72. The number of hydrogen-bond donors (Lipinski definition) is 1. The van der Waals surface area contributed by atoms with Gasteiger partial charge >= 0.3 is 0 Å². The fraction of sp³-hybridized carbons (Fsp3) is 0.647. The van der Waals surface area contributed by atoms with E-state index in [1.165, 1.54) is 37.0 Å². The highest BCUT2D eigenvalue weighted by molar-refractivity contribution is 5.91. The number of likely N-dealkylation sites (tertiary alicyclic amines) is 1. The van der Waals surface area contributed by atoms with Crippen LogP contribution in [-0.2, 0) is 11.3 Å². The second kappa shape index (κ2) is 8.72. The van der Waals surface area contributed by atoms with Crippen molar-refractivity contribution < 1.29 is 14.0 Å². The number of furan rings is 1. The second-order valence-electron chi connectivity index (χ2n) is 6.29. The van der Waals surface area contributed by atoms with Gasteiger partial charge in [-0.05, 0) is 38.1 Å². The Labute approximate surface area is 137 Å². The van der Waals surface area contributed by atoms with Crippen molar-refractivity contribution in [2.24, 2.45) is 0 Å². The van der Waals surface area contributed by atoms with Crippen molar-refractivity contribution in [2.75, 3.05) is 33.7 Å². The van der Waals surface area contributed by atoms with Crippen LogP contribution in [0.15, 0.2) is 16.5 Å². The molecular formula is C17H27N3O3. The van der Waals surface area contributed by atoms with Crippen LogP contribution in [0.3, 0.4) is 0 Å². The predicted molar refractivity (Wildman–Crippen MR) is 88.1 cm³/mol. The number of carbonyl (C=O) groups is 2. The van der Waals surface area contributed by atoms with Crippen LogP contribution in [-0.4, -0.2) is 55.3 Å². The quantitative estimate of drug-likeness (QED) is 0.899. The molecule has 0 saturated carbocycles. The molecule has 1 aromatic heterocycles. The first-order valence-electron chi connectivity index (χ1n) is 8.35. The van der Waals surface area contributed by atoms with Gasteiger partial charge in [0.05, 0.1) is 13.1 Å². The Morgan fingerprint density at radius 2 is 1.78 bits per heavy atom. The number of amides is 2. The minimum Gasteiger partial charge on any atom is -0.454 e. The molecule has 2 rings (SSSR count). The van der Waals surface area contributed by atoms with Crippen LogP contribution in [0.5, 0.6) is 0 Å². The van der Waals surface area contributed by atoms with E-state index in [1.54, 1.807) is 26.2 Å². The minimum absolute atomic E-state index is 0.00228. The first-order valence-corrected chi connectivity index (χ1v) is 8.35. The van der Waals surface area contributed by atoms with Gasteiger partial charge < -0.3 is 14.6 Å². The average Bonchev–Trinajstić information content (AvgIpc) is 2.95. The minimum atomic E-state index is -0.178. The molecule has 0 unspecified atom stereocenters.